The number of pyridine rings is 1. The molecule has 1 saturated heterocycles. The van der Waals surface area contributed by atoms with Gasteiger partial charge in [0.25, 0.3) is 5.56 Å². The monoisotopic (exact) mass is 362 g/mol. The van der Waals surface area contributed by atoms with Gasteiger partial charge in [-0.25, -0.2) is 4.68 Å². The molecule has 1 unspecified atom stereocenters. The molecule has 0 spiro atoms. The second kappa shape index (κ2) is 7.31. The first-order valence-electron chi connectivity index (χ1n) is 9.29. The molecule has 1 aliphatic heterocycles. The van der Waals surface area contributed by atoms with Crippen LogP contribution in [-0.2, 0) is 18.3 Å². The number of rotatable bonds is 3. The Morgan fingerprint density at radius 2 is 1.96 bits per heavy atom. The van der Waals surface area contributed by atoms with Crippen molar-refractivity contribution in [3.05, 3.63) is 70.4 Å². The molecule has 0 N–H and O–H groups in total. The van der Waals surface area contributed by atoms with E-state index in [9.17, 15) is 9.59 Å². The van der Waals surface area contributed by atoms with E-state index in [4.69, 9.17) is 0 Å². The van der Waals surface area contributed by atoms with Crippen molar-refractivity contribution in [3.8, 4) is 0 Å². The lowest BCUT2D eigenvalue weighted by molar-refractivity contribution is -0.134. The number of hydrogen-bond acceptors (Lipinski definition) is 4. The molecule has 6 heteroatoms. The van der Waals surface area contributed by atoms with Gasteiger partial charge in [-0.3, -0.25) is 14.6 Å². The SMILES string of the molecule is Cn1nc(CC(=O)N2CCCCC2c2cccnc2)c2ccccc2c1=O. The van der Waals surface area contributed by atoms with Crippen molar-refractivity contribution in [3.63, 3.8) is 0 Å². The zero-order valence-electron chi connectivity index (χ0n) is 15.3. The van der Waals surface area contributed by atoms with Crippen LogP contribution in [0.1, 0.15) is 36.6 Å². The number of carbonyl (C=O) groups is 1. The molecule has 0 saturated carbocycles. The summed E-state index contributed by atoms with van der Waals surface area (Å²) in [5, 5.41) is 5.73. The van der Waals surface area contributed by atoms with Gasteiger partial charge in [-0.1, -0.05) is 24.3 Å². The summed E-state index contributed by atoms with van der Waals surface area (Å²) in [7, 11) is 1.63. The van der Waals surface area contributed by atoms with Crippen LogP contribution in [0.4, 0.5) is 0 Å². The molecule has 27 heavy (non-hydrogen) atoms. The first-order chi connectivity index (χ1) is 13.1. The van der Waals surface area contributed by atoms with Gasteiger partial charge in [0.15, 0.2) is 0 Å². The zero-order chi connectivity index (χ0) is 18.8. The number of piperidine rings is 1. The smallest absolute Gasteiger partial charge is 0.274 e. The molecule has 1 aromatic carbocycles. The Morgan fingerprint density at radius 1 is 1.15 bits per heavy atom. The molecule has 3 aromatic rings. The summed E-state index contributed by atoms with van der Waals surface area (Å²) >= 11 is 0. The van der Waals surface area contributed by atoms with Gasteiger partial charge in [-0.15, -0.1) is 0 Å². The lowest BCUT2D eigenvalue weighted by atomic mass is 9.95. The van der Waals surface area contributed by atoms with Crippen LogP contribution >= 0.6 is 0 Å². The van der Waals surface area contributed by atoms with Crippen LogP contribution in [-0.4, -0.2) is 32.1 Å². The Kier molecular flexibility index (Phi) is 4.71. The normalized spacial score (nSPS) is 17.2. The molecule has 138 valence electrons. The summed E-state index contributed by atoms with van der Waals surface area (Å²) in [5.74, 6) is 0.0415. The van der Waals surface area contributed by atoms with E-state index >= 15 is 0 Å². The first-order valence-corrected chi connectivity index (χ1v) is 9.29. The summed E-state index contributed by atoms with van der Waals surface area (Å²) < 4.78 is 1.32. The van der Waals surface area contributed by atoms with E-state index in [0.29, 0.717) is 11.1 Å². The lowest BCUT2D eigenvalue weighted by Gasteiger charge is -2.36. The molecule has 0 radical (unpaired) electrons. The Hall–Kier alpha value is -3.02. The van der Waals surface area contributed by atoms with Crippen molar-refractivity contribution in [2.75, 3.05) is 6.54 Å². The summed E-state index contributed by atoms with van der Waals surface area (Å²) in [6.45, 7) is 0.738. The third kappa shape index (κ3) is 3.35. The largest absolute Gasteiger partial charge is 0.335 e. The molecule has 3 heterocycles. The summed E-state index contributed by atoms with van der Waals surface area (Å²) in [6, 6.07) is 11.3. The Labute approximate surface area is 157 Å². The highest BCUT2D eigenvalue weighted by molar-refractivity contribution is 5.88. The molecule has 1 fully saturated rings. The quantitative estimate of drug-likeness (QED) is 0.718. The highest BCUT2D eigenvalue weighted by atomic mass is 16.2. The zero-order valence-corrected chi connectivity index (χ0v) is 15.3. The van der Waals surface area contributed by atoms with Crippen LogP contribution in [0.2, 0.25) is 0 Å². The fourth-order valence-electron chi connectivity index (χ4n) is 3.90. The van der Waals surface area contributed by atoms with Crippen molar-refractivity contribution in [2.24, 2.45) is 7.05 Å². The molecule has 4 rings (SSSR count). The molecule has 0 aliphatic carbocycles. The minimum absolute atomic E-state index is 0.0415. The predicted molar refractivity (Wildman–Crippen MR) is 103 cm³/mol. The predicted octanol–water partition coefficient (Wildman–Crippen LogP) is 2.62. The molecular formula is C21H22N4O2. The van der Waals surface area contributed by atoms with Gasteiger partial charge >= 0.3 is 0 Å². The number of nitrogens with zero attached hydrogens (tertiary/aromatic N) is 4. The number of likely N-dealkylation sites (tertiary alicyclic amines) is 1. The van der Waals surface area contributed by atoms with Crippen molar-refractivity contribution >= 4 is 16.7 Å². The minimum atomic E-state index is -0.145. The fraction of sp³-hybridized carbons (Fsp3) is 0.333. The lowest BCUT2D eigenvalue weighted by Crippen LogP contribution is -2.39. The molecule has 0 bridgehead atoms. The van der Waals surface area contributed by atoms with Gasteiger partial charge < -0.3 is 4.90 Å². The molecular weight excluding hydrogens is 340 g/mol. The van der Waals surface area contributed by atoms with E-state index in [1.165, 1.54) is 4.68 Å². The first kappa shape index (κ1) is 17.4. The Morgan fingerprint density at radius 3 is 2.74 bits per heavy atom. The number of aromatic nitrogens is 3. The number of amides is 1. The van der Waals surface area contributed by atoms with Crippen LogP contribution in [0, 0.1) is 0 Å². The highest BCUT2D eigenvalue weighted by Gasteiger charge is 2.28. The average molecular weight is 362 g/mol. The van der Waals surface area contributed by atoms with Gasteiger partial charge in [0.1, 0.15) is 0 Å². The average Bonchev–Trinajstić information content (AvgIpc) is 2.72. The second-order valence-electron chi connectivity index (χ2n) is 6.98. The van der Waals surface area contributed by atoms with Crippen LogP contribution in [0.25, 0.3) is 10.8 Å². The molecule has 1 amide bonds. The van der Waals surface area contributed by atoms with Gasteiger partial charge in [0, 0.05) is 31.4 Å². The van der Waals surface area contributed by atoms with E-state index in [2.05, 4.69) is 10.1 Å². The number of carbonyl (C=O) groups excluding carboxylic acids is 1. The van der Waals surface area contributed by atoms with Crippen LogP contribution in [0.15, 0.2) is 53.6 Å². The number of benzene rings is 1. The van der Waals surface area contributed by atoms with E-state index in [-0.39, 0.29) is 23.9 Å². The summed E-state index contributed by atoms with van der Waals surface area (Å²) in [4.78, 5) is 31.6. The standard InChI is InChI=1S/C21H22N4O2/c1-24-21(27)17-9-3-2-8-16(17)18(23-24)13-20(26)25-12-5-4-10-19(25)15-7-6-11-22-14-15/h2-3,6-9,11,14,19H,4-5,10,12-13H2,1H3. The van der Waals surface area contributed by atoms with Gasteiger partial charge in [0.05, 0.1) is 23.5 Å². The van der Waals surface area contributed by atoms with Crippen LogP contribution in [0.3, 0.4) is 0 Å². The van der Waals surface area contributed by atoms with Gasteiger partial charge in [-0.2, -0.15) is 5.10 Å². The maximum atomic E-state index is 13.2. The highest BCUT2D eigenvalue weighted by Crippen LogP contribution is 2.31. The van der Waals surface area contributed by atoms with E-state index < -0.39 is 0 Å². The third-order valence-corrected chi connectivity index (χ3v) is 5.24. The number of hydrogen-bond donors (Lipinski definition) is 0. The summed E-state index contributed by atoms with van der Waals surface area (Å²) in [6.07, 6.45) is 6.83. The fourth-order valence-corrected chi connectivity index (χ4v) is 3.90. The Balaban J connectivity index is 1.66. The van der Waals surface area contributed by atoms with Crippen molar-refractivity contribution in [1.82, 2.24) is 19.7 Å². The van der Waals surface area contributed by atoms with E-state index in [1.54, 1.807) is 19.3 Å². The maximum Gasteiger partial charge on any atom is 0.274 e. The summed E-state index contributed by atoms with van der Waals surface area (Å²) in [5.41, 5.74) is 1.57. The van der Waals surface area contributed by atoms with E-state index in [1.807, 2.05) is 41.4 Å². The molecule has 6 nitrogen and oxygen atoms in total. The van der Waals surface area contributed by atoms with Crippen molar-refractivity contribution in [1.29, 1.82) is 0 Å². The maximum absolute atomic E-state index is 13.2. The third-order valence-electron chi connectivity index (χ3n) is 5.24. The number of aryl methyl sites for hydroxylation is 1. The Bertz CT molecular complexity index is 1030. The van der Waals surface area contributed by atoms with Crippen LogP contribution in [0.5, 0.6) is 0 Å². The van der Waals surface area contributed by atoms with E-state index in [0.717, 1.165) is 36.8 Å². The molecule has 1 aliphatic rings. The molecule has 2 aromatic heterocycles. The van der Waals surface area contributed by atoms with Gasteiger partial charge in [-0.05, 0) is 37.0 Å². The van der Waals surface area contributed by atoms with Crippen molar-refractivity contribution < 1.29 is 4.79 Å². The number of fused-ring (bicyclic) bond motifs is 1. The van der Waals surface area contributed by atoms with Crippen molar-refractivity contribution in [2.45, 2.75) is 31.7 Å². The molecule has 1 atom stereocenters. The minimum Gasteiger partial charge on any atom is -0.335 e. The van der Waals surface area contributed by atoms with Crippen LogP contribution < -0.4 is 5.56 Å². The van der Waals surface area contributed by atoms with Gasteiger partial charge in [0.2, 0.25) is 5.91 Å². The second-order valence-corrected chi connectivity index (χ2v) is 6.98. The topological polar surface area (TPSA) is 68.1 Å².